The minimum absolute atomic E-state index is 0.0956. The van der Waals surface area contributed by atoms with Gasteiger partial charge in [-0.1, -0.05) is 184 Å². The summed E-state index contributed by atoms with van der Waals surface area (Å²) in [6, 6.07) is 56.1. The number of hydrogen-bond acceptors (Lipinski definition) is 16. The number of aryl methyl sites for hydroxylation is 4. The van der Waals surface area contributed by atoms with Gasteiger partial charge in [0.1, 0.15) is 22.8 Å². The maximum absolute atomic E-state index is 13.0. The molecule has 8 aromatic heterocycles. The van der Waals surface area contributed by atoms with Gasteiger partial charge in [0.2, 0.25) is 0 Å². The van der Waals surface area contributed by atoms with Crippen molar-refractivity contribution in [2.75, 3.05) is 174 Å². The van der Waals surface area contributed by atoms with E-state index in [1.807, 2.05) is 400 Å². The molecular formula is C96H140N20O4. The lowest BCUT2D eigenvalue weighted by molar-refractivity contribution is 0.0730. The Labute approximate surface area is 716 Å². The van der Waals surface area contributed by atoms with Crippen LogP contribution in [0.3, 0.4) is 0 Å². The van der Waals surface area contributed by atoms with Crippen LogP contribution in [-0.2, 0) is 28.2 Å². The summed E-state index contributed by atoms with van der Waals surface area (Å²) in [6.45, 7) is 43.8. The summed E-state index contributed by atoms with van der Waals surface area (Å²) in [4.78, 5) is 86.7. The van der Waals surface area contributed by atoms with E-state index >= 15 is 0 Å². The van der Waals surface area contributed by atoms with Gasteiger partial charge in [-0.15, -0.1) is 0 Å². The van der Waals surface area contributed by atoms with Gasteiger partial charge in [0.15, 0.2) is 23.3 Å². The fourth-order valence-electron chi connectivity index (χ4n) is 14.5. The molecule has 12 heterocycles. The summed E-state index contributed by atoms with van der Waals surface area (Å²) in [5, 5.41) is 17.2. The highest BCUT2D eigenvalue weighted by molar-refractivity contribution is 6.02. The maximum Gasteiger partial charge on any atom is 0.270 e. The molecule has 0 radical (unpaired) electrons. The molecule has 12 aromatic rings. The predicted molar refractivity (Wildman–Crippen MR) is 510 cm³/mol. The normalized spacial score (nSPS) is 13.1. The number of aromatic nitrogens is 8. The molecule has 4 fully saturated rings. The van der Waals surface area contributed by atoms with Crippen LogP contribution in [0.2, 0.25) is 0 Å². The number of piperazine rings is 4. The van der Waals surface area contributed by atoms with E-state index in [4.69, 9.17) is 0 Å². The molecule has 4 N–H and O–H groups in total. The summed E-state index contributed by atoms with van der Waals surface area (Å²) in [5.41, 5.74) is 11.4. The molecule has 648 valence electrons. The Morgan fingerprint density at radius 1 is 0.242 bits per heavy atom. The van der Waals surface area contributed by atoms with Crippen LogP contribution in [0.25, 0.3) is 43.6 Å². The largest absolute Gasteiger partial charge is 0.385 e. The Morgan fingerprint density at radius 2 is 0.408 bits per heavy atom. The number of anilines is 8. The quantitative estimate of drug-likeness (QED) is 0.0895. The van der Waals surface area contributed by atoms with Gasteiger partial charge in [0.05, 0.1) is 22.7 Å². The first-order valence-corrected chi connectivity index (χ1v) is 43.6. The van der Waals surface area contributed by atoms with Crippen LogP contribution in [0.4, 0.5) is 46.0 Å². The first-order valence-electron chi connectivity index (χ1n) is 43.6. The van der Waals surface area contributed by atoms with Crippen molar-refractivity contribution < 1.29 is 19.2 Å². The number of benzene rings is 4. The van der Waals surface area contributed by atoms with E-state index in [-0.39, 0.29) is 23.6 Å². The van der Waals surface area contributed by atoms with Gasteiger partial charge in [0, 0.05) is 229 Å². The predicted octanol–water partition coefficient (Wildman–Crippen LogP) is 18.5. The molecule has 4 saturated heterocycles. The van der Waals surface area contributed by atoms with Crippen molar-refractivity contribution in [3.63, 3.8) is 0 Å². The number of carbonyl (C=O) groups excluding carboxylic acids is 4. The van der Waals surface area contributed by atoms with E-state index in [9.17, 15) is 19.2 Å². The number of rotatable bonds is 12. The van der Waals surface area contributed by atoms with Crippen LogP contribution in [0, 0.1) is 0 Å². The SMILES string of the molecule is CC.CC.CC.CC.CC.CC.CC.CC.CNc1cccnc1N1CCN(C(=O)c2cc3ccccc3n2C)CC1.CNc1cccnc1N1CCN(C(=O)c2cc3ccccc3n2C)CC1.CNc1cccnc1N1CCN(C(=O)c2cc3ccccc3n2C)CC1.CNc1cccnc1N1CCN(C(=O)c2cc3ccccc3n2C)CC1. The van der Waals surface area contributed by atoms with Crippen molar-refractivity contribution in [1.29, 1.82) is 0 Å². The van der Waals surface area contributed by atoms with E-state index in [2.05, 4.69) is 60.8 Å². The van der Waals surface area contributed by atoms with Crippen molar-refractivity contribution in [1.82, 2.24) is 57.8 Å². The van der Waals surface area contributed by atoms with E-state index in [1.165, 1.54) is 0 Å². The molecule has 24 heteroatoms. The lowest BCUT2D eigenvalue weighted by Crippen LogP contribution is -2.49. The Kier molecular flexibility index (Phi) is 42.7. The van der Waals surface area contributed by atoms with E-state index in [0.29, 0.717) is 52.4 Å². The van der Waals surface area contributed by atoms with Crippen LogP contribution in [0.5, 0.6) is 0 Å². The second kappa shape index (κ2) is 52.0. The summed E-state index contributed by atoms with van der Waals surface area (Å²) in [6.07, 6.45) is 7.24. The molecule has 4 amide bonds. The molecule has 0 aliphatic carbocycles. The molecule has 4 aromatic carbocycles. The molecule has 120 heavy (non-hydrogen) atoms. The molecule has 4 aliphatic rings. The zero-order valence-electron chi connectivity index (χ0n) is 76.6. The maximum atomic E-state index is 13.0. The van der Waals surface area contributed by atoms with Crippen molar-refractivity contribution in [2.45, 2.75) is 111 Å². The molecule has 0 atom stereocenters. The number of pyridine rings is 4. The van der Waals surface area contributed by atoms with Gasteiger partial charge in [-0.3, -0.25) is 19.2 Å². The lowest BCUT2D eigenvalue weighted by Gasteiger charge is -2.36. The van der Waals surface area contributed by atoms with Gasteiger partial charge in [-0.05, 0) is 97.1 Å². The molecule has 0 saturated carbocycles. The Bertz CT molecular complexity index is 4390. The average Bonchev–Trinajstić information content (AvgIpc) is 1.62. The molecule has 4 aliphatic heterocycles. The Morgan fingerprint density at radius 3 is 0.567 bits per heavy atom. The third-order valence-corrected chi connectivity index (χ3v) is 20.4. The third kappa shape index (κ3) is 24.1. The number of fused-ring (bicyclic) bond motifs is 4. The van der Waals surface area contributed by atoms with Crippen LogP contribution >= 0.6 is 0 Å². The van der Waals surface area contributed by atoms with Gasteiger partial charge >= 0.3 is 0 Å². The number of amides is 4. The van der Waals surface area contributed by atoms with Gasteiger partial charge in [-0.2, -0.15) is 0 Å². The van der Waals surface area contributed by atoms with E-state index in [0.717, 1.165) is 165 Å². The third-order valence-electron chi connectivity index (χ3n) is 20.4. The monoisotopic (exact) mass is 1640 g/mol. The summed E-state index contributed by atoms with van der Waals surface area (Å²) >= 11 is 0. The topological polar surface area (TPSA) is 214 Å². The first kappa shape index (κ1) is 98.5. The standard InChI is InChI=1S/4C20H23N5O.8C2H6/c4*1-21-16-7-5-9-22-19(16)24-10-12-25(13-11-24)20(26)18-14-15-6-3-4-8-17(15)23(18)2;8*1-2/h4*3-9,14,21H,10-13H2,1-2H3;8*1-2H3. The molecule has 24 nitrogen and oxygen atoms in total. The molecule has 16 rings (SSSR count). The minimum Gasteiger partial charge on any atom is -0.385 e. The van der Waals surface area contributed by atoms with Crippen molar-refractivity contribution in [3.05, 3.63) is 217 Å². The van der Waals surface area contributed by atoms with Gasteiger partial charge in [-0.25, -0.2) is 19.9 Å². The van der Waals surface area contributed by atoms with Crippen LogP contribution in [0.15, 0.2) is 195 Å². The average molecular weight is 1640 g/mol. The zero-order valence-corrected chi connectivity index (χ0v) is 76.6. The van der Waals surface area contributed by atoms with Gasteiger partial charge < -0.3 is 78.7 Å². The number of nitrogens with zero attached hydrogens (tertiary/aromatic N) is 16. The first-order chi connectivity index (χ1) is 58.7. The number of nitrogens with one attached hydrogen (secondary N) is 4. The number of hydrogen-bond donors (Lipinski definition) is 4. The zero-order chi connectivity index (χ0) is 88.4. The Balaban J connectivity index is 0.000000269. The van der Waals surface area contributed by atoms with E-state index in [1.54, 1.807) is 0 Å². The highest BCUT2D eigenvalue weighted by atomic mass is 16.2. The van der Waals surface area contributed by atoms with Crippen LogP contribution < -0.4 is 40.9 Å². The highest BCUT2D eigenvalue weighted by Gasteiger charge is 2.31. The van der Waals surface area contributed by atoms with Crippen molar-refractivity contribution in [3.8, 4) is 0 Å². The molecule has 0 bridgehead atoms. The molecule has 0 spiro atoms. The number of carbonyl (C=O) groups is 4. The molecular weight excluding hydrogens is 1500 g/mol. The van der Waals surface area contributed by atoms with Crippen LogP contribution in [0.1, 0.15) is 153 Å². The fourth-order valence-corrected chi connectivity index (χ4v) is 14.5. The summed E-state index contributed by atoms with van der Waals surface area (Å²) < 4.78 is 7.95. The Hall–Kier alpha value is -12.1. The summed E-state index contributed by atoms with van der Waals surface area (Å²) in [5.74, 6) is 4.18. The minimum atomic E-state index is 0.0956. The van der Waals surface area contributed by atoms with Crippen molar-refractivity contribution >= 4 is 113 Å². The second-order valence-electron chi connectivity index (χ2n) is 26.2. The van der Waals surface area contributed by atoms with Gasteiger partial charge in [0.25, 0.3) is 23.6 Å². The molecule has 0 unspecified atom stereocenters. The lowest BCUT2D eigenvalue weighted by atomic mass is 10.2. The fraction of sp³-hybridized carbons (Fsp3) is 0.417. The summed E-state index contributed by atoms with van der Waals surface area (Å²) in [7, 11) is 15.4. The second-order valence-corrected chi connectivity index (χ2v) is 26.2. The van der Waals surface area contributed by atoms with E-state index < -0.39 is 0 Å². The number of para-hydroxylation sites is 4. The van der Waals surface area contributed by atoms with Crippen molar-refractivity contribution in [2.24, 2.45) is 28.2 Å². The smallest absolute Gasteiger partial charge is 0.270 e. The van der Waals surface area contributed by atoms with Crippen LogP contribution in [-0.4, -0.2) is 214 Å². The highest BCUT2D eigenvalue weighted by Crippen LogP contribution is 2.31.